The van der Waals surface area contributed by atoms with E-state index in [0.29, 0.717) is 26.4 Å². The molecule has 0 spiro atoms. The summed E-state index contributed by atoms with van der Waals surface area (Å²) in [5, 5.41) is 5.89. The lowest BCUT2D eigenvalue weighted by atomic mass is 10.0. The number of carbonyl (C=O) groups excluding carboxylic acids is 2. The number of rotatable bonds is 8. The van der Waals surface area contributed by atoms with E-state index in [2.05, 4.69) is 28.6 Å². The van der Waals surface area contributed by atoms with Gasteiger partial charge in [-0.05, 0) is 73.0 Å². The molecule has 4 rings (SSSR count). The molecule has 2 aromatic carbocycles. The van der Waals surface area contributed by atoms with Crippen molar-refractivity contribution >= 4 is 40.4 Å². The van der Waals surface area contributed by atoms with Crippen LogP contribution in [-0.4, -0.2) is 57.1 Å². The van der Waals surface area contributed by atoms with Crippen molar-refractivity contribution in [2.45, 2.75) is 25.3 Å². The molecule has 9 heteroatoms. The predicted octanol–water partition coefficient (Wildman–Crippen LogP) is 4.43. The summed E-state index contributed by atoms with van der Waals surface area (Å²) in [7, 11) is 5.26. The van der Waals surface area contributed by atoms with Crippen molar-refractivity contribution < 1.29 is 19.1 Å². The second-order valence-electron chi connectivity index (χ2n) is 8.83. The molecule has 2 N–H and O–H groups in total. The minimum Gasteiger partial charge on any atom is -0.497 e. The summed E-state index contributed by atoms with van der Waals surface area (Å²) >= 11 is 7.18. The van der Waals surface area contributed by atoms with Gasteiger partial charge in [-0.2, -0.15) is 0 Å². The number of nitrogens with one attached hydrogen (secondary N) is 2. The number of likely N-dealkylation sites (N-methyl/N-ethyl adjacent to an activating group) is 1. The second-order valence-corrected chi connectivity index (χ2v) is 10.5. The van der Waals surface area contributed by atoms with E-state index in [4.69, 9.17) is 21.1 Å². The first-order valence-corrected chi connectivity index (χ1v) is 12.9. The third kappa shape index (κ3) is 6.57. The van der Waals surface area contributed by atoms with Gasteiger partial charge in [-0.3, -0.25) is 9.59 Å². The minimum absolute atomic E-state index is 0.250. The Morgan fingerprint density at radius 3 is 2.33 bits per heavy atom. The Bertz CT molecular complexity index is 1220. The normalized spacial score (nSPS) is 14.3. The number of thiophene rings is 1. The zero-order valence-electron chi connectivity index (χ0n) is 20.6. The Kier molecular flexibility index (Phi) is 8.51. The molecule has 0 aliphatic carbocycles. The van der Waals surface area contributed by atoms with Crippen molar-refractivity contribution in [3.05, 3.63) is 74.4 Å². The third-order valence-corrected chi connectivity index (χ3v) is 7.50. The standard InChI is InChI=1S/C27H30ClN3O4S/c1-31-10-8-18-4-5-20(15-19(18)9-11-31)29-26(32)23(30-27(33)24-6-7-25(28)36-24)14-17-12-21(34-2)16-22(13-17)35-3/h4-7,12-13,15-16,23H,8-11,14H2,1-3H3,(H,29,32)(H,30,33). The number of halogens is 1. The molecule has 2 amide bonds. The van der Waals surface area contributed by atoms with Crippen molar-refractivity contribution in [3.8, 4) is 11.5 Å². The predicted molar refractivity (Wildman–Crippen MR) is 144 cm³/mol. The largest absolute Gasteiger partial charge is 0.497 e. The molecule has 1 aromatic heterocycles. The van der Waals surface area contributed by atoms with Crippen LogP contribution in [0.2, 0.25) is 4.34 Å². The zero-order valence-corrected chi connectivity index (χ0v) is 22.2. The maximum absolute atomic E-state index is 13.5. The number of nitrogens with zero attached hydrogens (tertiary/aromatic N) is 1. The molecule has 190 valence electrons. The van der Waals surface area contributed by atoms with Gasteiger partial charge in [0.2, 0.25) is 5.91 Å². The fourth-order valence-corrected chi connectivity index (χ4v) is 5.19. The molecule has 0 fully saturated rings. The van der Waals surface area contributed by atoms with E-state index in [-0.39, 0.29) is 18.2 Å². The summed E-state index contributed by atoms with van der Waals surface area (Å²) in [6.07, 6.45) is 2.16. The van der Waals surface area contributed by atoms with Crippen molar-refractivity contribution in [1.29, 1.82) is 0 Å². The fourth-order valence-electron chi connectivity index (χ4n) is 4.24. The van der Waals surface area contributed by atoms with Crippen LogP contribution in [0.1, 0.15) is 26.4 Å². The molecule has 1 unspecified atom stereocenters. The van der Waals surface area contributed by atoms with E-state index in [0.717, 1.165) is 31.5 Å². The van der Waals surface area contributed by atoms with E-state index in [1.165, 1.54) is 22.5 Å². The molecule has 0 radical (unpaired) electrons. The maximum Gasteiger partial charge on any atom is 0.262 e. The second kappa shape index (κ2) is 11.8. The number of fused-ring (bicyclic) bond motifs is 1. The number of benzene rings is 2. The van der Waals surface area contributed by atoms with Crippen molar-refractivity contribution in [3.63, 3.8) is 0 Å². The van der Waals surface area contributed by atoms with Crippen LogP contribution >= 0.6 is 22.9 Å². The van der Waals surface area contributed by atoms with Gasteiger partial charge in [0.15, 0.2) is 0 Å². The monoisotopic (exact) mass is 527 g/mol. The van der Waals surface area contributed by atoms with Crippen molar-refractivity contribution in [1.82, 2.24) is 10.2 Å². The number of anilines is 1. The highest BCUT2D eigenvalue weighted by atomic mass is 35.5. The first-order valence-electron chi connectivity index (χ1n) is 11.7. The van der Waals surface area contributed by atoms with E-state index in [1.54, 1.807) is 32.4 Å². The van der Waals surface area contributed by atoms with Crippen LogP contribution in [-0.2, 0) is 24.1 Å². The Morgan fingerprint density at radius 1 is 1.00 bits per heavy atom. The molecule has 3 aromatic rings. The van der Waals surface area contributed by atoms with Gasteiger partial charge < -0.3 is 25.0 Å². The summed E-state index contributed by atoms with van der Waals surface area (Å²) in [4.78, 5) is 29.1. The van der Waals surface area contributed by atoms with E-state index in [9.17, 15) is 9.59 Å². The summed E-state index contributed by atoms with van der Waals surface area (Å²) in [5.41, 5.74) is 4.05. The number of amides is 2. The highest BCUT2D eigenvalue weighted by molar-refractivity contribution is 7.18. The number of methoxy groups -OCH3 is 2. The van der Waals surface area contributed by atoms with Crippen LogP contribution in [0.3, 0.4) is 0 Å². The third-order valence-electron chi connectivity index (χ3n) is 6.27. The lowest BCUT2D eigenvalue weighted by Crippen LogP contribution is -2.45. The van der Waals surface area contributed by atoms with Gasteiger partial charge in [0.1, 0.15) is 17.5 Å². The molecule has 2 heterocycles. The molecule has 7 nitrogen and oxygen atoms in total. The summed E-state index contributed by atoms with van der Waals surface area (Å²) < 4.78 is 11.3. The van der Waals surface area contributed by atoms with Crippen molar-refractivity contribution in [2.24, 2.45) is 0 Å². The van der Waals surface area contributed by atoms with Crippen LogP contribution < -0.4 is 20.1 Å². The van der Waals surface area contributed by atoms with Crippen LogP contribution in [0.5, 0.6) is 11.5 Å². The zero-order chi connectivity index (χ0) is 25.7. The van der Waals surface area contributed by atoms with Gasteiger partial charge in [-0.25, -0.2) is 0 Å². The van der Waals surface area contributed by atoms with E-state index >= 15 is 0 Å². The first kappa shape index (κ1) is 26.0. The Balaban J connectivity index is 1.57. The maximum atomic E-state index is 13.5. The number of hydrogen-bond acceptors (Lipinski definition) is 6. The van der Waals surface area contributed by atoms with Gasteiger partial charge >= 0.3 is 0 Å². The summed E-state index contributed by atoms with van der Waals surface area (Å²) in [5.74, 6) is 0.552. The molecule has 1 aliphatic heterocycles. The topological polar surface area (TPSA) is 79.9 Å². The number of carbonyl (C=O) groups is 2. The quantitative estimate of drug-likeness (QED) is 0.453. The fraction of sp³-hybridized carbons (Fsp3) is 0.333. The molecule has 0 bridgehead atoms. The molecule has 1 atom stereocenters. The summed E-state index contributed by atoms with van der Waals surface area (Å²) in [6, 6.07) is 13.9. The molecule has 36 heavy (non-hydrogen) atoms. The van der Waals surface area contributed by atoms with Crippen molar-refractivity contribution in [2.75, 3.05) is 39.7 Å². The average Bonchev–Trinajstić information content (AvgIpc) is 3.23. The van der Waals surface area contributed by atoms with E-state index < -0.39 is 6.04 Å². The first-order chi connectivity index (χ1) is 17.3. The van der Waals surface area contributed by atoms with Gasteiger partial charge in [0.05, 0.1) is 23.4 Å². The molecular weight excluding hydrogens is 498 g/mol. The highest BCUT2D eigenvalue weighted by Crippen LogP contribution is 2.25. The van der Waals surface area contributed by atoms with Gasteiger partial charge in [0, 0.05) is 31.3 Å². The lowest BCUT2D eigenvalue weighted by Gasteiger charge is -2.20. The van der Waals surface area contributed by atoms with Gasteiger partial charge in [-0.15, -0.1) is 11.3 Å². The molecule has 0 saturated carbocycles. The van der Waals surface area contributed by atoms with Crippen LogP contribution in [0.15, 0.2) is 48.5 Å². The Morgan fingerprint density at radius 2 is 1.69 bits per heavy atom. The molecular formula is C27H30ClN3O4S. The van der Waals surface area contributed by atoms with Gasteiger partial charge in [0.25, 0.3) is 5.91 Å². The Labute approximate surface area is 220 Å². The smallest absolute Gasteiger partial charge is 0.262 e. The molecule has 0 saturated heterocycles. The summed E-state index contributed by atoms with van der Waals surface area (Å²) in [6.45, 7) is 1.99. The number of hydrogen-bond donors (Lipinski definition) is 2. The molecule has 1 aliphatic rings. The number of ether oxygens (including phenoxy) is 2. The van der Waals surface area contributed by atoms with Crippen LogP contribution in [0, 0.1) is 0 Å². The lowest BCUT2D eigenvalue weighted by molar-refractivity contribution is -0.118. The highest BCUT2D eigenvalue weighted by Gasteiger charge is 2.24. The van der Waals surface area contributed by atoms with Gasteiger partial charge in [-0.1, -0.05) is 17.7 Å². The Hall–Kier alpha value is -3.07. The minimum atomic E-state index is -0.833. The average molecular weight is 528 g/mol. The van der Waals surface area contributed by atoms with Crippen LogP contribution in [0.25, 0.3) is 0 Å². The van der Waals surface area contributed by atoms with E-state index in [1.807, 2.05) is 24.3 Å². The SMILES string of the molecule is COc1cc(CC(NC(=O)c2ccc(Cl)s2)C(=O)Nc2ccc3c(c2)CCN(C)CC3)cc(OC)c1. The van der Waals surface area contributed by atoms with Crippen LogP contribution in [0.4, 0.5) is 5.69 Å².